The molecule has 0 aromatic heterocycles. The Hall–Kier alpha value is -2.49. The third kappa shape index (κ3) is 7.75. The molecule has 0 aliphatic heterocycles. The molecule has 2 aromatic carbocycles. The fourth-order valence-corrected chi connectivity index (χ4v) is 5.73. The van der Waals surface area contributed by atoms with Gasteiger partial charge in [0.15, 0.2) is 0 Å². The second-order valence-electron chi connectivity index (χ2n) is 9.21. The van der Waals surface area contributed by atoms with E-state index >= 15 is 0 Å². The highest BCUT2D eigenvalue weighted by atomic mass is 35.5. The van der Waals surface area contributed by atoms with E-state index in [0.717, 1.165) is 42.7 Å². The van der Waals surface area contributed by atoms with Crippen LogP contribution in [0.1, 0.15) is 44.6 Å². The predicted octanol–water partition coefficient (Wildman–Crippen LogP) is 4.63. The number of methoxy groups -OCH3 is 1. The van der Waals surface area contributed by atoms with Gasteiger partial charge in [-0.1, -0.05) is 48.5 Å². The van der Waals surface area contributed by atoms with E-state index in [-0.39, 0.29) is 18.5 Å². The van der Waals surface area contributed by atoms with Gasteiger partial charge in [-0.3, -0.25) is 13.9 Å². The number of nitrogens with one attached hydrogen (secondary N) is 1. The van der Waals surface area contributed by atoms with Crippen molar-refractivity contribution in [3.8, 4) is 5.75 Å². The molecule has 202 valence electrons. The molecule has 1 fully saturated rings. The minimum absolute atomic E-state index is 0.0522. The molecule has 2 aromatic rings. The Labute approximate surface area is 228 Å². The highest BCUT2D eigenvalue weighted by molar-refractivity contribution is 7.92. The van der Waals surface area contributed by atoms with Crippen LogP contribution in [-0.4, -0.2) is 57.1 Å². The normalized spacial score (nSPS) is 15.1. The minimum atomic E-state index is -3.83. The first-order valence-electron chi connectivity index (χ1n) is 12.2. The number of amides is 2. The molecule has 11 heteroatoms. The molecule has 0 unspecified atom stereocenters. The van der Waals surface area contributed by atoms with E-state index in [1.54, 1.807) is 49.4 Å². The van der Waals surface area contributed by atoms with Gasteiger partial charge < -0.3 is 15.0 Å². The molecule has 3 rings (SSSR count). The molecule has 0 saturated heterocycles. The van der Waals surface area contributed by atoms with Gasteiger partial charge in [0, 0.05) is 28.2 Å². The predicted molar refractivity (Wildman–Crippen MR) is 147 cm³/mol. The van der Waals surface area contributed by atoms with Crippen molar-refractivity contribution in [1.82, 2.24) is 10.2 Å². The lowest BCUT2D eigenvalue weighted by molar-refractivity contribution is -0.139. The molecule has 1 aliphatic carbocycles. The van der Waals surface area contributed by atoms with Gasteiger partial charge in [0.1, 0.15) is 18.3 Å². The molecule has 37 heavy (non-hydrogen) atoms. The van der Waals surface area contributed by atoms with Crippen LogP contribution in [0.2, 0.25) is 10.0 Å². The number of halogens is 2. The van der Waals surface area contributed by atoms with Crippen molar-refractivity contribution in [2.75, 3.05) is 24.2 Å². The van der Waals surface area contributed by atoms with E-state index in [1.165, 1.54) is 12.0 Å². The Morgan fingerprint density at radius 1 is 1.05 bits per heavy atom. The molecular weight excluding hydrogens is 537 g/mol. The summed E-state index contributed by atoms with van der Waals surface area (Å²) in [6.45, 7) is 1.06. The van der Waals surface area contributed by atoms with Gasteiger partial charge in [0.05, 0.1) is 19.1 Å². The van der Waals surface area contributed by atoms with Crippen LogP contribution in [-0.2, 0) is 26.2 Å². The highest BCUT2D eigenvalue weighted by Gasteiger charge is 2.32. The average Bonchev–Trinajstić information content (AvgIpc) is 2.86. The van der Waals surface area contributed by atoms with Gasteiger partial charge in [0.2, 0.25) is 21.8 Å². The number of nitrogens with zero attached hydrogens (tertiary/aromatic N) is 2. The first-order valence-corrected chi connectivity index (χ1v) is 14.8. The van der Waals surface area contributed by atoms with E-state index in [2.05, 4.69) is 5.32 Å². The molecule has 2 amide bonds. The van der Waals surface area contributed by atoms with E-state index in [1.807, 2.05) is 0 Å². The lowest BCUT2D eigenvalue weighted by Gasteiger charge is -2.33. The van der Waals surface area contributed by atoms with Crippen molar-refractivity contribution in [3.05, 3.63) is 58.1 Å². The van der Waals surface area contributed by atoms with Gasteiger partial charge in [-0.2, -0.15) is 0 Å². The maximum atomic E-state index is 13.7. The zero-order valence-electron chi connectivity index (χ0n) is 21.2. The van der Waals surface area contributed by atoms with Crippen molar-refractivity contribution in [2.24, 2.45) is 0 Å². The summed E-state index contributed by atoms with van der Waals surface area (Å²) in [5.41, 5.74) is 0.776. The average molecular weight is 571 g/mol. The third-order valence-corrected chi connectivity index (χ3v) is 8.40. The van der Waals surface area contributed by atoms with Crippen LogP contribution < -0.4 is 14.4 Å². The zero-order chi connectivity index (χ0) is 27.2. The van der Waals surface area contributed by atoms with Crippen LogP contribution in [0, 0.1) is 0 Å². The standard InChI is InChI=1S/C26H33Cl2N3O5S/c1-18(26(33)29-19-8-5-4-6-9-19)30(16-22-23(27)10-7-11-24(22)28)25(32)17-31(37(3,34)35)20-12-14-21(36-2)15-13-20/h7,10-15,18-19H,4-6,8-9,16-17H2,1-3H3,(H,29,33)/t18-/m0/s1. The van der Waals surface area contributed by atoms with Gasteiger partial charge in [-0.15, -0.1) is 0 Å². The summed E-state index contributed by atoms with van der Waals surface area (Å²) in [6.07, 6.45) is 6.04. The molecule has 0 radical (unpaired) electrons. The highest BCUT2D eigenvalue weighted by Crippen LogP contribution is 2.28. The molecule has 1 aliphatic rings. The molecule has 0 heterocycles. The number of ether oxygens (including phenoxy) is 1. The van der Waals surface area contributed by atoms with Crippen LogP contribution >= 0.6 is 23.2 Å². The Morgan fingerprint density at radius 2 is 1.65 bits per heavy atom. The van der Waals surface area contributed by atoms with Gasteiger partial charge >= 0.3 is 0 Å². The van der Waals surface area contributed by atoms with E-state index < -0.39 is 28.5 Å². The number of sulfonamides is 1. The second kappa shape index (κ2) is 12.8. The topological polar surface area (TPSA) is 96.0 Å². The van der Waals surface area contributed by atoms with Crippen molar-refractivity contribution in [2.45, 2.75) is 57.7 Å². The van der Waals surface area contributed by atoms with Gasteiger partial charge in [-0.25, -0.2) is 8.42 Å². The zero-order valence-corrected chi connectivity index (χ0v) is 23.6. The molecule has 0 spiro atoms. The van der Waals surface area contributed by atoms with Crippen molar-refractivity contribution < 1.29 is 22.7 Å². The largest absolute Gasteiger partial charge is 0.497 e. The van der Waals surface area contributed by atoms with Crippen LogP contribution in [0.4, 0.5) is 5.69 Å². The Morgan fingerprint density at radius 3 is 2.19 bits per heavy atom. The van der Waals surface area contributed by atoms with E-state index in [4.69, 9.17) is 27.9 Å². The number of rotatable bonds is 10. The maximum absolute atomic E-state index is 13.7. The lowest BCUT2D eigenvalue weighted by atomic mass is 9.95. The first-order chi connectivity index (χ1) is 17.5. The summed E-state index contributed by atoms with van der Waals surface area (Å²) in [5, 5.41) is 3.75. The Balaban J connectivity index is 1.91. The van der Waals surface area contributed by atoms with Crippen molar-refractivity contribution in [3.63, 3.8) is 0 Å². The molecule has 1 saturated carbocycles. The summed E-state index contributed by atoms with van der Waals surface area (Å²) in [4.78, 5) is 28.2. The molecule has 1 atom stereocenters. The number of hydrogen-bond acceptors (Lipinski definition) is 5. The molecule has 8 nitrogen and oxygen atoms in total. The van der Waals surface area contributed by atoms with Crippen LogP contribution in [0.25, 0.3) is 0 Å². The Kier molecular flexibility index (Phi) is 10.1. The van der Waals surface area contributed by atoms with Crippen LogP contribution in [0.5, 0.6) is 5.75 Å². The summed E-state index contributed by atoms with van der Waals surface area (Å²) < 4.78 is 31.5. The number of carbonyl (C=O) groups excluding carboxylic acids is 2. The lowest BCUT2D eigenvalue weighted by Crippen LogP contribution is -2.53. The van der Waals surface area contributed by atoms with Crippen LogP contribution in [0.3, 0.4) is 0 Å². The molecular formula is C26H33Cl2N3O5S. The third-order valence-electron chi connectivity index (χ3n) is 6.55. The summed E-state index contributed by atoms with van der Waals surface area (Å²) in [5.74, 6) is -0.325. The molecule has 0 bridgehead atoms. The van der Waals surface area contributed by atoms with E-state index in [9.17, 15) is 18.0 Å². The van der Waals surface area contributed by atoms with E-state index in [0.29, 0.717) is 27.0 Å². The SMILES string of the molecule is COc1ccc(N(CC(=O)N(Cc2c(Cl)cccc2Cl)[C@@H](C)C(=O)NC2CCCCC2)S(C)(=O)=O)cc1. The minimum Gasteiger partial charge on any atom is -0.497 e. The quantitative estimate of drug-likeness (QED) is 0.449. The number of anilines is 1. The number of carbonyl (C=O) groups is 2. The van der Waals surface area contributed by atoms with Gasteiger partial charge in [0.25, 0.3) is 0 Å². The second-order valence-corrected chi connectivity index (χ2v) is 11.9. The number of hydrogen-bond donors (Lipinski definition) is 1. The summed E-state index contributed by atoms with van der Waals surface area (Å²) in [6, 6.07) is 10.5. The Bertz CT molecular complexity index is 1180. The van der Waals surface area contributed by atoms with Crippen molar-refractivity contribution >= 4 is 50.7 Å². The monoisotopic (exact) mass is 569 g/mol. The molecule has 1 N–H and O–H groups in total. The van der Waals surface area contributed by atoms with Gasteiger partial charge in [-0.05, 0) is 56.2 Å². The first kappa shape index (κ1) is 29.1. The fourth-order valence-electron chi connectivity index (χ4n) is 4.37. The smallest absolute Gasteiger partial charge is 0.244 e. The fraction of sp³-hybridized carbons (Fsp3) is 0.462. The summed E-state index contributed by atoms with van der Waals surface area (Å²) >= 11 is 12.8. The van der Waals surface area contributed by atoms with Crippen LogP contribution in [0.15, 0.2) is 42.5 Å². The van der Waals surface area contributed by atoms with Crippen molar-refractivity contribution in [1.29, 1.82) is 0 Å². The number of benzene rings is 2. The maximum Gasteiger partial charge on any atom is 0.244 e. The summed E-state index contributed by atoms with van der Waals surface area (Å²) in [7, 11) is -2.33.